The van der Waals surface area contributed by atoms with Crippen molar-refractivity contribution in [2.45, 2.75) is 37.1 Å². The minimum absolute atomic E-state index is 0.238. The zero-order chi connectivity index (χ0) is 16.3. The summed E-state index contributed by atoms with van der Waals surface area (Å²) in [5, 5.41) is 0. The van der Waals surface area contributed by atoms with Gasteiger partial charge in [-0.1, -0.05) is 30.3 Å². The number of likely N-dealkylation sites (tertiary alicyclic amines) is 2. The predicted octanol–water partition coefficient (Wildman–Crippen LogP) is 2.50. The number of hydrogen-bond donors (Lipinski definition) is 0. The minimum atomic E-state index is 0.238. The molecule has 23 heavy (non-hydrogen) atoms. The maximum absolute atomic E-state index is 12.2. The van der Waals surface area contributed by atoms with E-state index in [4.69, 9.17) is 4.74 Å². The first-order chi connectivity index (χ1) is 11.1. The van der Waals surface area contributed by atoms with E-state index in [1.165, 1.54) is 12.0 Å². The van der Waals surface area contributed by atoms with E-state index in [0.29, 0.717) is 18.9 Å². The summed E-state index contributed by atoms with van der Waals surface area (Å²) in [6.45, 7) is 3.42. The van der Waals surface area contributed by atoms with Crippen LogP contribution in [0.4, 0.5) is 0 Å². The Bertz CT molecular complexity index is 523. The molecular formula is C19H28N2O2. The second kappa shape index (κ2) is 7.02. The fourth-order valence-electron chi connectivity index (χ4n) is 4.26. The number of carbonyl (C=O) groups excluding carboxylic acids is 1. The van der Waals surface area contributed by atoms with E-state index in [1.807, 2.05) is 4.90 Å². The predicted molar refractivity (Wildman–Crippen MR) is 91.5 cm³/mol. The van der Waals surface area contributed by atoms with Crippen LogP contribution in [0.1, 0.15) is 37.2 Å². The van der Waals surface area contributed by atoms with Gasteiger partial charge in [-0.3, -0.25) is 9.69 Å². The van der Waals surface area contributed by atoms with Crippen LogP contribution in [0.25, 0.3) is 0 Å². The summed E-state index contributed by atoms with van der Waals surface area (Å²) in [6.07, 6.45) is 3.90. The summed E-state index contributed by atoms with van der Waals surface area (Å²) in [6, 6.07) is 10.9. The first kappa shape index (κ1) is 16.5. The molecule has 0 aliphatic carbocycles. The zero-order valence-electron chi connectivity index (χ0n) is 14.3. The maximum atomic E-state index is 12.2. The molecule has 2 heterocycles. The standard InChI is InChI=1S/C19H28N2O2/c1-20-15-17(16-6-4-3-5-7-16)14-19(20)9-11-21(12-10-19)18(22)8-13-23-2/h3-7,17H,8-15H2,1-2H3/t17-/m0/s1. The molecular weight excluding hydrogens is 288 g/mol. The average molecular weight is 316 g/mol. The lowest BCUT2D eigenvalue weighted by atomic mass is 9.81. The van der Waals surface area contributed by atoms with Crippen molar-refractivity contribution in [2.24, 2.45) is 0 Å². The number of nitrogens with zero attached hydrogens (tertiary/aromatic N) is 2. The number of benzene rings is 1. The third-order valence-electron chi connectivity index (χ3n) is 5.77. The van der Waals surface area contributed by atoms with Gasteiger partial charge in [0.2, 0.25) is 5.91 Å². The Kier molecular flexibility index (Phi) is 5.02. The van der Waals surface area contributed by atoms with E-state index in [0.717, 1.165) is 32.5 Å². The molecule has 2 saturated heterocycles. The van der Waals surface area contributed by atoms with Crippen molar-refractivity contribution in [3.8, 4) is 0 Å². The Morgan fingerprint density at radius 2 is 1.96 bits per heavy atom. The zero-order valence-corrected chi connectivity index (χ0v) is 14.3. The van der Waals surface area contributed by atoms with Crippen molar-refractivity contribution in [3.05, 3.63) is 35.9 Å². The first-order valence-corrected chi connectivity index (χ1v) is 8.67. The molecule has 2 aliphatic heterocycles. The molecule has 0 saturated carbocycles. The third-order valence-corrected chi connectivity index (χ3v) is 5.77. The Balaban J connectivity index is 1.60. The van der Waals surface area contributed by atoms with Gasteiger partial charge in [0.05, 0.1) is 13.0 Å². The molecule has 0 bridgehead atoms. The quantitative estimate of drug-likeness (QED) is 0.855. The van der Waals surface area contributed by atoms with Gasteiger partial charge in [-0.25, -0.2) is 0 Å². The number of piperidine rings is 1. The fourth-order valence-corrected chi connectivity index (χ4v) is 4.26. The molecule has 1 spiro atoms. The fraction of sp³-hybridized carbons (Fsp3) is 0.632. The maximum Gasteiger partial charge on any atom is 0.224 e. The van der Waals surface area contributed by atoms with Gasteiger partial charge in [-0.2, -0.15) is 0 Å². The Labute approximate surface area is 139 Å². The number of amides is 1. The smallest absolute Gasteiger partial charge is 0.224 e. The van der Waals surface area contributed by atoms with Crippen molar-refractivity contribution < 1.29 is 9.53 Å². The average Bonchev–Trinajstić information content (AvgIpc) is 2.91. The number of carbonyl (C=O) groups is 1. The summed E-state index contributed by atoms with van der Waals surface area (Å²) >= 11 is 0. The van der Waals surface area contributed by atoms with Gasteiger partial charge in [-0.15, -0.1) is 0 Å². The van der Waals surface area contributed by atoms with E-state index < -0.39 is 0 Å². The second-order valence-corrected chi connectivity index (χ2v) is 7.04. The van der Waals surface area contributed by atoms with Gasteiger partial charge in [0.25, 0.3) is 0 Å². The highest BCUT2D eigenvalue weighted by Gasteiger charge is 2.45. The number of methoxy groups -OCH3 is 1. The molecule has 0 radical (unpaired) electrons. The number of ether oxygens (including phenoxy) is 1. The van der Waals surface area contributed by atoms with Crippen molar-refractivity contribution >= 4 is 5.91 Å². The van der Waals surface area contributed by atoms with Crippen LogP contribution in [0.15, 0.2) is 30.3 Å². The van der Waals surface area contributed by atoms with Crippen LogP contribution in [0, 0.1) is 0 Å². The van der Waals surface area contributed by atoms with Gasteiger partial charge < -0.3 is 9.64 Å². The van der Waals surface area contributed by atoms with Crippen LogP contribution in [0.3, 0.4) is 0 Å². The molecule has 3 rings (SSSR count). The normalized spacial score (nSPS) is 24.3. The van der Waals surface area contributed by atoms with E-state index in [9.17, 15) is 4.79 Å². The Morgan fingerprint density at radius 1 is 1.26 bits per heavy atom. The molecule has 0 aromatic heterocycles. The van der Waals surface area contributed by atoms with Crippen molar-refractivity contribution in [2.75, 3.05) is 40.4 Å². The molecule has 0 N–H and O–H groups in total. The van der Waals surface area contributed by atoms with Crippen LogP contribution in [0.2, 0.25) is 0 Å². The molecule has 1 atom stereocenters. The van der Waals surface area contributed by atoms with Gasteiger partial charge in [0.1, 0.15) is 0 Å². The van der Waals surface area contributed by atoms with Crippen molar-refractivity contribution in [1.82, 2.24) is 9.80 Å². The molecule has 4 nitrogen and oxygen atoms in total. The van der Waals surface area contributed by atoms with Crippen LogP contribution in [0.5, 0.6) is 0 Å². The van der Waals surface area contributed by atoms with Gasteiger partial charge in [-0.05, 0) is 37.8 Å². The van der Waals surface area contributed by atoms with Crippen LogP contribution < -0.4 is 0 Å². The summed E-state index contributed by atoms with van der Waals surface area (Å²) in [7, 11) is 3.90. The van der Waals surface area contributed by atoms with E-state index in [2.05, 4.69) is 42.3 Å². The molecule has 2 aliphatic rings. The highest BCUT2D eigenvalue weighted by molar-refractivity contribution is 5.76. The minimum Gasteiger partial charge on any atom is -0.384 e. The van der Waals surface area contributed by atoms with Gasteiger partial charge in [0, 0.05) is 32.3 Å². The van der Waals surface area contributed by atoms with Gasteiger partial charge in [0.15, 0.2) is 0 Å². The lowest BCUT2D eigenvalue weighted by Gasteiger charge is -2.43. The highest BCUT2D eigenvalue weighted by atomic mass is 16.5. The molecule has 126 valence electrons. The molecule has 0 unspecified atom stereocenters. The summed E-state index contributed by atoms with van der Waals surface area (Å²) in [5.41, 5.74) is 1.73. The SMILES string of the molecule is COCCC(=O)N1CCC2(CC1)C[C@H](c1ccccc1)CN2C. The van der Waals surface area contributed by atoms with Crippen LogP contribution >= 0.6 is 0 Å². The summed E-state index contributed by atoms with van der Waals surface area (Å²) < 4.78 is 5.02. The van der Waals surface area contributed by atoms with Gasteiger partial charge >= 0.3 is 0 Å². The molecule has 1 aromatic rings. The lowest BCUT2D eigenvalue weighted by Crippen LogP contribution is -2.52. The van der Waals surface area contributed by atoms with Crippen LogP contribution in [-0.2, 0) is 9.53 Å². The molecule has 1 amide bonds. The Hall–Kier alpha value is -1.39. The highest BCUT2D eigenvalue weighted by Crippen LogP contribution is 2.43. The third kappa shape index (κ3) is 3.43. The number of hydrogen-bond acceptors (Lipinski definition) is 3. The second-order valence-electron chi connectivity index (χ2n) is 7.04. The van der Waals surface area contributed by atoms with E-state index in [-0.39, 0.29) is 11.4 Å². The monoisotopic (exact) mass is 316 g/mol. The van der Waals surface area contributed by atoms with Crippen molar-refractivity contribution in [1.29, 1.82) is 0 Å². The summed E-state index contributed by atoms with van der Waals surface area (Å²) in [5.74, 6) is 0.860. The molecule has 4 heteroatoms. The Morgan fingerprint density at radius 3 is 2.61 bits per heavy atom. The lowest BCUT2D eigenvalue weighted by molar-refractivity contribution is -0.134. The first-order valence-electron chi connectivity index (χ1n) is 8.67. The van der Waals surface area contributed by atoms with Crippen LogP contribution in [-0.4, -0.2) is 61.6 Å². The van der Waals surface area contributed by atoms with E-state index >= 15 is 0 Å². The number of rotatable bonds is 4. The largest absolute Gasteiger partial charge is 0.384 e. The van der Waals surface area contributed by atoms with E-state index in [1.54, 1.807) is 7.11 Å². The van der Waals surface area contributed by atoms with Crippen molar-refractivity contribution in [3.63, 3.8) is 0 Å². The summed E-state index contributed by atoms with van der Waals surface area (Å²) in [4.78, 5) is 16.7. The molecule has 1 aromatic carbocycles. The number of likely N-dealkylation sites (N-methyl/N-ethyl adjacent to an activating group) is 1. The topological polar surface area (TPSA) is 32.8 Å². The molecule has 2 fully saturated rings.